The number of nitrogens with one attached hydrogen (secondary N) is 3. The molecule has 8 nitrogen and oxygen atoms in total. The number of aromatic nitrogens is 4. The van der Waals surface area contributed by atoms with Crippen molar-refractivity contribution in [3.05, 3.63) is 35.3 Å². The van der Waals surface area contributed by atoms with E-state index in [1.54, 1.807) is 6.20 Å². The molecule has 128 valence electrons. The molecule has 1 saturated heterocycles. The lowest BCUT2D eigenvalue weighted by Gasteiger charge is -2.33. The van der Waals surface area contributed by atoms with Gasteiger partial charge in [0, 0.05) is 18.5 Å². The number of imidazole rings is 1. The van der Waals surface area contributed by atoms with E-state index < -0.39 is 0 Å². The van der Waals surface area contributed by atoms with Crippen molar-refractivity contribution >= 4 is 11.7 Å². The summed E-state index contributed by atoms with van der Waals surface area (Å²) in [6.07, 6.45) is 2.44. The number of aromatic amines is 1. The van der Waals surface area contributed by atoms with Gasteiger partial charge in [0.2, 0.25) is 0 Å². The molecule has 3 rings (SSSR count). The van der Waals surface area contributed by atoms with E-state index in [4.69, 9.17) is 4.74 Å². The van der Waals surface area contributed by atoms with Gasteiger partial charge in [0.15, 0.2) is 0 Å². The number of carbonyl (C=O) groups excluding carboxylic acids is 1. The summed E-state index contributed by atoms with van der Waals surface area (Å²) in [6, 6.07) is 1.69. The first-order valence-electron chi connectivity index (χ1n) is 8.01. The normalized spacial score (nSPS) is 20.6. The largest absolute Gasteiger partial charge is 0.379 e. The van der Waals surface area contributed by atoms with Crippen LogP contribution in [0.5, 0.6) is 0 Å². The van der Waals surface area contributed by atoms with Crippen LogP contribution in [-0.2, 0) is 4.74 Å². The molecule has 8 heteroatoms. The van der Waals surface area contributed by atoms with Gasteiger partial charge in [-0.3, -0.25) is 4.79 Å². The number of aryl methyl sites for hydroxylation is 3. The number of anilines is 1. The Morgan fingerprint density at radius 2 is 2.12 bits per heavy atom. The molecule has 0 spiro atoms. The predicted octanol–water partition coefficient (Wildman–Crippen LogP) is 1.12. The number of nitrogens with zero attached hydrogens (tertiary/aromatic N) is 3. The van der Waals surface area contributed by atoms with Crippen LogP contribution < -0.4 is 10.6 Å². The van der Waals surface area contributed by atoms with E-state index >= 15 is 0 Å². The third kappa shape index (κ3) is 3.70. The number of hydrogen-bond acceptors (Lipinski definition) is 6. The first-order valence-corrected chi connectivity index (χ1v) is 8.01. The fourth-order valence-corrected chi connectivity index (χ4v) is 2.85. The monoisotopic (exact) mass is 330 g/mol. The van der Waals surface area contributed by atoms with E-state index in [2.05, 4.69) is 30.6 Å². The highest BCUT2D eigenvalue weighted by molar-refractivity contribution is 5.93. The highest BCUT2D eigenvalue weighted by atomic mass is 16.5. The molecule has 1 aliphatic rings. The topological polar surface area (TPSA) is 105 Å². The maximum Gasteiger partial charge on any atom is 0.272 e. The van der Waals surface area contributed by atoms with Crippen LogP contribution in [0.3, 0.4) is 0 Å². The van der Waals surface area contributed by atoms with Crippen LogP contribution in [0.15, 0.2) is 12.3 Å². The quantitative estimate of drug-likeness (QED) is 0.776. The van der Waals surface area contributed by atoms with Crippen molar-refractivity contribution in [3.8, 4) is 0 Å². The third-order valence-electron chi connectivity index (χ3n) is 4.00. The maximum atomic E-state index is 12.5. The van der Waals surface area contributed by atoms with Gasteiger partial charge in [-0.1, -0.05) is 0 Å². The Hall–Kier alpha value is -2.48. The molecule has 3 N–H and O–H groups in total. The van der Waals surface area contributed by atoms with Crippen molar-refractivity contribution in [2.75, 3.05) is 18.5 Å². The van der Waals surface area contributed by atoms with Crippen LogP contribution in [0.2, 0.25) is 0 Å². The van der Waals surface area contributed by atoms with E-state index in [-0.39, 0.29) is 18.0 Å². The molecule has 2 aromatic rings. The van der Waals surface area contributed by atoms with Crippen molar-refractivity contribution in [1.82, 2.24) is 25.3 Å². The van der Waals surface area contributed by atoms with Crippen LogP contribution in [0.25, 0.3) is 0 Å². The Morgan fingerprint density at radius 3 is 2.83 bits per heavy atom. The second-order valence-corrected chi connectivity index (χ2v) is 5.98. The van der Waals surface area contributed by atoms with Gasteiger partial charge in [-0.25, -0.2) is 15.0 Å². The van der Waals surface area contributed by atoms with Crippen molar-refractivity contribution in [1.29, 1.82) is 0 Å². The summed E-state index contributed by atoms with van der Waals surface area (Å²) in [4.78, 5) is 28.3. The number of hydrogen-bond donors (Lipinski definition) is 3. The smallest absolute Gasteiger partial charge is 0.272 e. The fraction of sp³-hybridized carbons (Fsp3) is 0.500. The van der Waals surface area contributed by atoms with E-state index in [9.17, 15) is 4.79 Å². The number of H-pyrrole nitrogens is 1. The van der Waals surface area contributed by atoms with Crippen LogP contribution in [0.1, 0.15) is 34.3 Å². The zero-order valence-corrected chi connectivity index (χ0v) is 14.1. The van der Waals surface area contributed by atoms with Crippen molar-refractivity contribution in [2.45, 2.75) is 39.3 Å². The lowest BCUT2D eigenvalue weighted by atomic mass is 10.0. The zero-order chi connectivity index (χ0) is 17.1. The molecule has 0 unspecified atom stereocenters. The molecule has 1 amide bonds. The summed E-state index contributed by atoms with van der Waals surface area (Å²) < 4.78 is 5.55. The standard InChI is InChI=1S/C16H22N6O2/c1-9-15(20-11(3)18-9)16(23)22-12-5-7-24-8-13(12)21-14-4-6-17-10(2)19-14/h4,6,12-13H,5,7-8H2,1-3H3,(H,18,20)(H,22,23)(H,17,19,21)/t12-,13+/m0/s1. The van der Waals surface area contributed by atoms with Crippen LogP contribution >= 0.6 is 0 Å². The highest BCUT2D eigenvalue weighted by Gasteiger charge is 2.28. The first kappa shape index (κ1) is 16.4. The minimum atomic E-state index is -0.172. The fourth-order valence-electron chi connectivity index (χ4n) is 2.85. The molecule has 0 saturated carbocycles. The van der Waals surface area contributed by atoms with Gasteiger partial charge >= 0.3 is 0 Å². The van der Waals surface area contributed by atoms with Crippen LogP contribution in [0, 0.1) is 20.8 Å². The van der Waals surface area contributed by atoms with Crippen LogP contribution in [0.4, 0.5) is 5.82 Å². The van der Waals surface area contributed by atoms with Gasteiger partial charge in [-0.2, -0.15) is 0 Å². The Balaban J connectivity index is 1.70. The molecule has 2 aromatic heterocycles. The average Bonchev–Trinajstić information content (AvgIpc) is 2.88. The number of carbonyl (C=O) groups is 1. The summed E-state index contributed by atoms with van der Waals surface area (Å²) >= 11 is 0. The molecule has 24 heavy (non-hydrogen) atoms. The number of rotatable bonds is 4. The van der Waals surface area contributed by atoms with E-state index in [1.165, 1.54) is 0 Å². The minimum absolute atomic E-state index is 0.0575. The van der Waals surface area contributed by atoms with E-state index in [0.717, 1.165) is 23.8 Å². The average molecular weight is 330 g/mol. The molecule has 0 radical (unpaired) electrons. The second-order valence-electron chi connectivity index (χ2n) is 5.98. The molecule has 0 bridgehead atoms. The maximum absolute atomic E-state index is 12.5. The Labute approximate surface area is 140 Å². The lowest BCUT2D eigenvalue weighted by Crippen LogP contribution is -2.52. The summed E-state index contributed by atoms with van der Waals surface area (Å²) in [5, 5.41) is 6.40. The highest BCUT2D eigenvalue weighted by Crippen LogP contribution is 2.15. The summed E-state index contributed by atoms with van der Waals surface area (Å²) in [5.41, 5.74) is 1.21. The summed E-state index contributed by atoms with van der Waals surface area (Å²) in [7, 11) is 0. The third-order valence-corrected chi connectivity index (χ3v) is 4.00. The van der Waals surface area contributed by atoms with Gasteiger partial charge in [-0.15, -0.1) is 0 Å². The minimum Gasteiger partial charge on any atom is -0.379 e. The molecule has 3 heterocycles. The van der Waals surface area contributed by atoms with E-state index in [1.807, 2.05) is 26.8 Å². The lowest BCUT2D eigenvalue weighted by molar-refractivity contribution is 0.0618. The van der Waals surface area contributed by atoms with Gasteiger partial charge in [0.1, 0.15) is 23.2 Å². The van der Waals surface area contributed by atoms with Crippen LogP contribution in [-0.4, -0.2) is 51.1 Å². The Bertz CT molecular complexity index is 729. The second kappa shape index (κ2) is 6.96. The Morgan fingerprint density at radius 1 is 1.29 bits per heavy atom. The molecular formula is C16H22N6O2. The van der Waals surface area contributed by atoms with Gasteiger partial charge in [0.25, 0.3) is 5.91 Å². The van der Waals surface area contributed by atoms with E-state index in [0.29, 0.717) is 24.7 Å². The molecule has 2 atom stereocenters. The zero-order valence-electron chi connectivity index (χ0n) is 14.1. The predicted molar refractivity (Wildman–Crippen MR) is 88.9 cm³/mol. The number of ether oxygens (including phenoxy) is 1. The summed E-state index contributed by atoms with van der Waals surface area (Å²) in [5.74, 6) is 1.98. The molecule has 1 fully saturated rings. The Kier molecular flexibility index (Phi) is 4.75. The molecular weight excluding hydrogens is 308 g/mol. The van der Waals surface area contributed by atoms with Gasteiger partial charge < -0.3 is 20.4 Å². The van der Waals surface area contributed by atoms with Crippen molar-refractivity contribution in [3.63, 3.8) is 0 Å². The first-order chi connectivity index (χ1) is 11.5. The van der Waals surface area contributed by atoms with Gasteiger partial charge in [0.05, 0.1) is 18.7 Å². The number of amides is 1. The van der Waals surface area contributed by atoms with Crippen molar-refractivity contribution in [2.24, 2.45) is 0 Å². The van der Waals surface area contributed by atoms with Crippen molar-refractivity contribution < 1.29 is 9.53 Å². The molecule has 0 aromatic carbocycles. The molecule has 0 aliphatic carbocycles. The van der Waals surface area contributed by atoms with Gasteiger partial charge in [-0.05, 0) is 33.3 Å². The summed E-state index contributed by atoms with van der Waals surface area (Å²) in [6.45, 7) is 6.64. The SMILES string of the molecule is Cc1nccc(N[C@@H]2COCC[C@@H]2NC(=O)c2nc(C)[nH]c2C)n1. The molecule has 1 aliphatic heterocycles.